The fourth-order valence-electron chi connectivity index (χ4n) is 3.24. The van der Waals surface area contributed by atoms with E-state index < -0.39 is 10.6 Å². The van der Waals surface area contributed by atoms with Gasteiger partial charge in [-0.2, -0.15) is 0 Å². The van der Waals surface area contributed by atoms with Crippen LogP contribution in [0.15, 0.2) is 60.3 Å². The zero-order valence-corrected chi connectivity index (χ0v) is 17.6. The van der Waals surface area contributed by atoms with Crippen LogP contribution in [0.1, 0.15) is 6.42 Å². The van der Waals surface area contributed by atoms with Crippen LogP contribution in [0.4, 0.5) is 5.95 Å². The second-order valence-electron chi connectivity index (χ2n) is 6.98. The van der Waals surface area contributed by atoms with E-state index in [-0.39, 0.29) is 11.5 Å². The normalized spacial score (nSPS) is 18.3. The molecule has 0 bridgehead atoms. The van der Waals surface area contributed by atoms with Crippen LogP contribution in [0.2, 0.25) is 10.0 Å². The SMILES string of the molecule is NC1=C([N+](=O)[O-])C=CC(N)(CCNc2nc(-c3ccc(Cl)cc3Cl)cc3nccn23)N1. The molecule has 0 aliphatic carbocycles. The fraction of sp³-hybridized carbons (Fsp3) is 0.158. The lowest BCUT2D eigenvalue weighted by Crippen LogP contribution is -2.55. The van der Waals surface area contributed by atoms with Crippen LogP contribution in [0, 0.1) is 10.1 Å². The quantitative estimate of drug-likeness (QED) is 0.323. The maximum atomic E-state index is 11.0. The maximum absolute atomic E-state index is 11.0. The first-order valence-corrected chi connectivity index (χ1v) is 9.95. The minimum Gasteiger partial charge on any atom is -0.380 e. The van der Waals surface area contributed by atoms with Crippen molar-refractivity contribution in [3.63, 3.8) is 0 Å². The van der Waals surface area contributed by atoms with Gasteiger partial charge in [-0.25, -0.2) is 9.97 Å². The summed E-state index contributed by atoms with van der Waals surface area (Å²) in [6, 6.07) is 7.01. The van der Waals surface area contributed by atoms with Gasteiger partial charge in [0.15, 0.2) is 5.82 Å². The highest BCUT2D eigenvalue weighted by Crippen LogP contribution is 2.30. The molecule has 0 saturated heterocycles. The number of halogens is 2. The van der Waals surface area contributed by atoms with E-state index in [1.807, 2.05) is 6.07 Å². The lowest BCUT2D eigenvalue weighted by atomic mass is 10.0. The third-order valence-electron chi connectivity index (χ3n) is 4.80. The molecule has 0 amide bonds. The van der Waals surface area contributed by atoms with E-state index in [4.69, 9.17) is 34.7 Å². The van der Waals surface area contributed by atoms with Gasteiger partial charge in [0.25, 0.3) is 0 Å². The first kappa shape index (κ1) is 20.9. The Morgan fingerprint density at radius 1 is 1.32 bits per heavy atom. The summed E-state index contributed by atoms with van der Waals surface area (Å²) >= 11 is 12.3. The van der Waals surface area contributed by atoms with Crippen LogP contribution in [0.25, 0.3) is 16.9 Å². The van der Waals surface area contributed by atoms with Crippen molar-refractivity contribution in [2.45, 2.75) is 12.1 Å². The Balaban J connectivity index is 1.55. The molecule has 3 heterocycles. The predicted molar refractivity (Wildman–Crippen MR) is 119 cm³/mol. The highest BCUT2D eigenvalue weighted by molar-refractivity contribution is 6.36. The zero-order chi connectivity index (χ0) is 22.2. The van der Waals surface area contributed by atoms with Crippen molar-refractivity contribution in [2.75, 3.05) is 11.9 Å². The summed E-state index contributed by atoms with van der Waals surface area (Å²) in [5, 5.41) is 18.0. The second-order valence-corrected chi connectivity index (χ2v) is 7.82. The van der Waals surface area contributed by atoms with Crippen molar-refractivity contribution in [1.29, 1.82) is 0 Å². The smallest absolute Gasteiger partial charge is 0.308 e. The number of aromatic nitrogens is 3. The molecule has 4 rings (SSSR count). The highest BCUT2D eigenvalue weighted by atomic mass is 35.5. The van der Waals surface area contributed by atoms with E-state index in [0.29, 0.717) is 40.3 Å². The minimum absolute atomic E-state index is 0.0792. The Bertz CT molecular complexity index is 1240. The van der Waals surface area contributed by atoms with E-state index in [0.717, 1.165) is 5.56 Å². The third-order valence-corrected chi connectivity index (χ3v) is 5.35. The fourth-order valence-corrected chi connectivity index (χ4v) is 3.75. The standard InChI is InChI=1S/C19H18Cl2N8O2/c20-11-1-2-12(13(21)9-11)14-10-16-24-7-8-28(16)18(26-14)25-6-5-19(23)4-3-15(29(30)31)17(22)27-19/h1-4,7-10,27H,5-6,22-23H2,(H,25,26). The zero-order valence-electron chi connectivity index (χ0n) is 16.0. The largest absolute Gasteiger partial charge is 0.380 e. The summed E-state index contributed by atoms with van der Waals surface area (Å²) < 4.78 is 1.79. The van der Waals surface area contributed by atoms with E-state index in [1.165, 1.54) is 12.2 Å². The molecule has 10 nitrogen and oxygen atoms in total. The predicted octanol–water partition coefficient (Wildman–Crippen LogP) is 2.72. The number of nitrogens with zero attached hydrogens (tertiary/aromatic N) is 4. The maximum Gasteiger partial charge on any atom is 0.308 e. The summed E-state index contributed by atoms with van der Waals surface area (Å²) in [5.74, 6) is 0.457. The number of rotatable bonds is 6. The van der Waals surface area contributed by atoms with Gasteiger partial charge in [-0.15, -0.1) is 0 Å². The number of nitrogens with two attached hydrogens (primary N) is 2. The molecular weight excluding hydrogens is 443 g/mol. The summed E-state index contributed by atoms with van der Waals surface area (Å²) in [6.07, 6.45) is 6.64. The number of fused-ring (bicyclic) bond motifs is 1. The number of hydrogen-bond acceptors (Lipinski definition) is 8. The summed E-state index contributed by atoms with van der Waals surface area (Å²) in [5.41, 5.74) is 12.8. The number of nitro groups is 1. The summed E-state index contributed by atoms with van der Waals surface area (Å²) in [4.78, 5) is 19.4. The Labute approximate surface area is 186 Å². The molecule has 12 heteroatoms. The number of dihydropyridines is 1. The van der Waals surface area contributed by atoms with Crippen LogP contribution < -0.4 is 22.1 Å². The number of imidazole rings is 1. The molecular formula is C19H18Cl2N8O2. The molecule has 0 spiro atoms. The van der Waals surface area contributed by atoms with Gasteiger partial charge in [0.05, 0.1) is 15.6 Å². The van der Waals surface area contributed by atoms with Crippen LogP contribution >= 0.6 is 23.2 Å². The van der Waals surface area contributed by atoms with Crippen LogP contribution in [-0.4, -0.2) is 31.5 Å². The van der Waals surface area contributed by atoms with Gasteiger partial charge >= 0.3 is 5.70 Å². The molecule has 1 atom stereocenters. The topological polar surface area (TPSA) is 149 Å². The molecule has 1 unspecified atom stereocenters. The van der Waals surface area contributed by atoms with Gasteiger partial charge in [-0.3, -0.25) is 14.5 Å². The summed E-state index contributed by atoms with van der Waals surface area (Å²) in [7, 11) is 0. The lowest BCUT2D eigenvalue weighted by Gasteiger charge is -2.30. The average Bonchev–Trinajstić information content (AvgIpc) is 3.16. The first-order chi connectivity index (χ1) is 14.8. The van der Waals surface area contributed by atoms with Gasteiger partial charge in [0.1, 0.15) is 11.3 Å². The van der Waals surface area contributed by atoms with Gasteiger partial charge < -0.3 is 22.1 Å². The number of nitrogens with one attached hydrogen (secondary N) is 2. The molecule has 3 aromatic rings. The van der Waals surface area contributed by atoms with E-state index in [9.17, 15) is 10.1 Å². The Hall–Kier alpha value is -3.34. The van der Waals surface area contributed by atoms with Gasteiger partial charge in [-0.1, -0.05) is 23.2 Å². The first-order valence-electron chi connectivity index (χ1n) is 9.20. The van der Waals surface area contributed by atoms with E-state index in [1.54, 1.807) is 35.0 Å². The molecule has 160 valence electrons. The van der Waals surface area contributed by atoms with Gasteiger partial charge in [0.2, 0.25) is 5.95 Å². The van der Waals surface area contributed by atoms with Crippen molar-refractivity contribution in [1.82, 2.24) is 19.7 Å². The third kappa shape index (κ3) is 4.26. The van der Waals surface area contributed by atoms with Gasteiger partial charge in [-0.05, 0) is 24.3 Å². The molecule has 31 heavy (non-hydrogen) atoms. The molecule has 6 N–H and O–H groups in total. The lowest BCUT2D eigenvalue weighted by molar-refractivity contribution is -0.421. The van der Waals surface area contributed by atoms with Crippen LogP contribution in [-0.2, 0) is 0 Å². The van der Waals surface area contributed by atoms with Gasteiger partial charge in [0, 0.05) is 48.1 Å². The Morgan fingerprint density at radius 2 is 2.13 bits per heavy atom. The molecule has 1 aliphatic rings. The van der Waals surface area contributed by atoms with Crippen molar-refractivity contribution < 1.29 is 4.92 Å². The van der Waals surface area contributed by atoms with Crippen LogP contribution in [0.5, 0.6) is 0 Å². The molecule has 2 aromatic heterocycles. The summed E-state index contributed by atoms with van der Waals surface area (Å²) in [6.45, 7) is 0.396. The van der Waals surface area contributed by atoms with Crippen molar-refractivity contribution in [2.24, 2.45) is 11.5 Å². The van der Waals surface area contributed by atoms with Crippen LogP contribution in [0.3, 0.4) is 0 Å². The Kier molecular flexibility index (Phi) is 5.44. The molecule has 0 radical (unpaired) electrons. The number of anilines is 1. The molecule has 1 aliphatic heterocycles. The highest BCUT2D eigenvalue weighted by Gasteiger charge is 2.30. The molecule has 1 aromatic carbocycles. The average molecular weight is 461 g/mol. The molecule has 0 fully saturated rings. The Morgan fingerprint density at radius 3 is 2.84 bits per heavy atom. The van der Waals surface area contributed by atoms with E-state index >= 15 is 0 Å². The van der Waals surface area contributed by atoms with Crippen molar-refractivity contribution in [3.05, 3.63) is 80.5 Å². The van der Waals surface area contributed by atoms with E-state index in [2.05, 4.69) is 20.6 Å². The second kappa shape index (κ2) is 8.06. The van der Waals surface area contributed by atoms with Crippen molar-refractivity contribution >= 4 is 34.8 Å². The minimum atomic E-state index is -1.04. The monoisotopic (exact) mass is 460 g/mol. The number of hydrogen-bond donors (Lipinski definition) is 4. The molecule has 0 saturated carbocycles. The number of allylic oxidation sites excluding steroid dienone is 1. The number of benzene rings is 1. The van der Waals surface area contributed by atoms with Crippen molar-refractivity contribution in [3.8, 4) is 11.3 Å².